The molecular formula is C12H14BrClINO. The normalized spacial score (nSPS) is 12.6. The summed E-state index contributed by atoms with van der Waals surface area (Å²) < 4.78 is 1.69. The Hall–Kier alpha value is 0.190. The molecule has 0 fully saturated rings. The van der Waals surface area contributed by atoms with Gasteiger partial charge in [-0.15, -0.1) is 0 Å². The van der Waals surface area contributed by atoms with E-state index in [4.69, 9.17) is 11.6 Å². The topological polar surface area (TPSA) is 29.1 Å². The van der Waals surface area contributed by atoms with E-state index in [1.54, 1.807) is 18.2 Å². The molecule has 0 aliphatic rings. The molecular weight excluding hydrogens is 416 g/mol. The molecule has 0 radical (unpaired) electrons. The molecule has 5 heteroatoms. The van der Waals surface area contributed by atoms with Gasteiger partial charge in [0.2, 0.25) is 0 Å². The van der Waals surface area contributed by atoms with E-state index in [0.29, 0.717) is 16.5 Å². The molecule has 0 aliphatic carbocycles. The van der Waals surface area contributed by atoms with Crippen molar-refractivity contribution in [3.63, 3.8) is 0 Å². The average Bonchev–Trinajstić information content (AvgIpc) is 2.28. The SMILES string of the molecule is CC(C)C(CI)NC(=O)c1ccc(Br)c(Cl)c1. The maximum Gasteiger partial charge on any atom is 0.251 e. The third kappa shape index (κ3) is 4.41. The summed E-state index contributed by atoms with van der Waals surface area (Å²) in [5, 5.41) is 3.56. The zero-order valence-electron chi connectivity index (χ0n) is 9.64. The fourth-order valence-electron chi connectivity index (χ4n) is 1.27. The Bertz CT molecular complexity index is 411. The van der Waals surface area contributed by atoms with Crippen LogP contribution in [0.5, 0.6) is 0 Å². The molecule has 0 saturated carbocycles. The van der Waals surface area contributed by atoms with E-state index >= 15 is 0 Å². The second-order valence-corrected chi connectivity index (χ2v) is 6.25. The second kappa shape index (κ2) is 6.95. The van der Waals surface area contributed by atoms with Crippen molar-refractivity contribution in [2.45, 2.75) is 19.9 Å². The number of hydrogen-bond donors (Lipinski definition) is 1. The minimum atomic E-state index is -0.0743. The highest BCUT2D eigenvalue weighted by Gasteiger charge is 2.16. The molecule has 1 aromatic rings. The molecule has 1 aromatic carbocycles. The Morgan fingerprint density at radius 1 is 1.53 bits per heavy atom. The van der Waals surface area contributed by atoms with Gasteiger partial charge in [-0.2, -0.15) is 0 Å². The smallest absolute Gasteiger partial charge is 0.251 e. The summed E-state index contributed by atoms with van der Waals surface area (Å²) in [6.45, 7) is 4.19. The van der Waals surface area contributed by atoms with Gasteiger partial charge in [0.05, 0.1) is 5.02 Å². The van der Waals surface area contributed by atoms with Crippen molar-refractivity contribution >= 4 is 56.0 Å². The number of benzene rings is 1. The zero-order valence-corrected chi connectivity index (χ0v) is 14.1. The number of rotatable bonds is 4. The van der Waals surface area contributed by atoms with Gasteiger partial charge < -0.3 is 5.32 Å². The molecule has 0 heterocycles. The first kappa shape index (κ1) is 15.2. The van der Waals surface area contributed by atoms with Crippen LogP contribution in [0.3, 0.4) is 0 Å². The summed E-state index contributed by atoms with van der Waals surface area (Å²) in [5.41, 5.74) is 0.591. The van der Waals surface area contributed by atoms with Crippen LogP contribution >= 0.6 is 50.1 Å². The summed E-state index contributed by atoms with van der Waals surface area (Å²) in [7, 11) is 0. The third-order valence-electron chi connectivity index (χ3n) is 2.47. The number of alkyl halides is 1. The van der Waals surface area contributed by atoms with Crippen LogP contribution in [0.4, 0.5) is 0 Å². The molecule has 94 valence electrons. The highest BCUT2D eigenvalue weighted by atomic mass is 127. The van der Waals surface area contributed by atoms with Crippen molar-refractivity contribution in [2.24, 2.45) is 5.92 Å². The second-order valence-electron chi connectivity index (χ2n) is 4.11. The predicted octanol–water partition coefficient (Wildman–Crippen LogP) is 4.29. The first-order chi connectivity index (χ1) is 7.95. The van der Waals surface area contributed by atoms with Crippen molar-refractivity contribution in [3.8, 4) is 0 Å². The molecule has 1 atom stereocenters. The zero-order chi connectivity index (χ0) is 13.0. The van der Waals surface area contributed by atoms with Crippen LogP contribution < -0.4 is 5.32 Å². The predicted molar refractivity (Wildman–Crippen MR) is 84.1 cm³/mol. The summed E-state index contributed by atoms with van der Waals surface area (Å²) in [4.78, 5) is 12.0. The minimum Gasteiger partial charge on any atom is -0.348 e. The van der Waals surface area contributed by atoms with E-state index in [-0.39, 0.29) is 11.9 Å². The third-order valence-corrected chi connectivity index (χ3v) is 4.65. The van der Waals surface area contributed by atoms with Crippen molar-refractivity contribution in [1.29, 1.82) is 0 Å². The van der Waals surface area contributed by atoms with E-state index in [0.717, 1.165) is 8.90 Å². The summed E-state index contributed by atoms with van der Waals surface area (Å²) in [5.74, 6) is 0.344. The summed E-state index contributed by atoms with van der Waals surface area (Å²) in [6.07, 6.45) is 0. The van der Waals surface area contributed by atoms with Crippen LogP contribution in [-0.4, -0.2) is 16.4 Å². The van der Waals surface area contributed by atoms with E-state index in [9.17, 15) is 4.79 Å². The molecule has 0 bridgehead atoms. The molecule has 1 unspecified atom stereocenters. The number of carbonyl (C=O) groups excluding carboxylic acids is 1. The monoisotopic (exact) mass is 429 g/mol. The van der Waals surface area contributed by atoms with E-state index in [1.165, 1.54) is 0 Å². The van der Waals surface area contributed by atoms with Gasteiger partial charge in [-0.05, 0) is 40.0 Å². The van der Waals surface area contributed by atoms with Gasteiger partial charge in [0.1, 0.15) is 0 Å². The van der Waals surface area contributed by atoms with Crippen molar-refractivity contribution in [2.75, 3.05) is 4.43 Å². The van der Waals surface area contributed by atoms with E-state index in [1.807, 2.05) is 0 Å². The van der Waals surface area contributed by atoms with Crippen molar-refractivity contribution < 1.29 is 4.79 Å². The van der Waals surface area contributed by atoms with Gasteiger partial charge in [-0.3, -0.25) is 4.79 Å². The van der Waals surface area contributed by atoms with E-state index in [2.05, 4.69) is 57.7 Å². The maximum atomic E-state index is 12.0. The number of carbonyl (C=O) groups is 1. The largest absolute Gasteiger partial charge is 0.348 e. The molecule has 0 aliphatic heterocycles. The highest BCUT2D eigenvalue weighted by molar-refractivity contribution is 14.1. The number of halogens is 3. The molecule has 1 amide bonds. The summed E-state index contributed by atoms with van der Waals surface area (Å²) >= 11 is 11.5. The van der Waals surface area contributed by atoms with E-state index < -0.39 is 0 Å². The fraction of sp³-hybridized carbons (Fsp3) is 0.417. The Morgan fingerprint density at radius 3 is 2.65 bits per heavy atom. The maximum absolute atomic E-state index is 12.0. The van der Waals surface area contributed by atoms with Crippen LogP contribution in [0.15, 0.2) is 22.7 Å². The molecule has 17 heavy (non-hydrogen) atoms. The van der Waals surface area contributed by atoms with Gasteiger partial charge in [0.25, 0.3) is 5.91 Å². The Labute approximate surface area is 129 Å². The first-order valence-corrected chi connectivity index (χ1v) is 7.97. The lowest BCUT2D eigenvalue weighted by Crippen LogP contribution is -2.39. The Balaban J connectivity index is 2.79. The standard InChI is InChI=1S/C12H14BrClINO/c1-7(2)11(6-15)16-12(17)8-3-4-9(13)10(14)5-8/h3-5,7,11H,6H2,1-2H3,(H,16,17). The molecule has 0 saturated heterocycles. The summed E-state index contributed by atoms with van der Waals surface area (Å²) in [6, 6.07) is 5.40. The lowest BCUT2D eigenvalue weighted by atomic mass is 10.1. The van der Waals surface area contributed by atoms with Gasteiger partial charge in [0.15, 0.2) is 0 Å². The van der Waals surface area contributed by atoms with Crippen LogP contribution in [-0.2, 0) is 0 Å². The lowest BCUT2D eigenvalue weighted by Gasteiger charge is -2.20. The van der Waals surface area contributed by atoms with Crippen LogP contribution in [0.1, 0.15) is 24.2 Å². The quantitative estimate of drug-likeness (QED) is 0.560. The van der Waals surface area contributed by atoms with Crippen LogP contribution in [0.2, 0.25) is 5.02 Å². The van der Waals surface area contributed by atoms with Crippen molar-refractivity contribution in [1.82, 2.24) is 5.32 Å². The fourth-order valence-corrected chi connectivity index (χ4v) is 2.94. The van der Waals surface area contributed by atoms with Gasteiger partial charge in [-0.1, -0.05) is 48.0 Å². The highest BCUT2D eigenvalue weighted by Crippen LogP contribution is 2.23. The molecule has 0 aromatic heterocycles. The Morgan fingerprint density at radius 2 is 2.18 bits per heavy atom. The molecule has 1 rings (SSSR count). The van der Waals surface area contributed by atoms with Crippen LogP contribution in [0, 0.1) is 5.92 Å². The first-order valence-electron chi connectivity index (χ1n) is 5.27. The lowest BCUT2D eigenvalue weighted by molar-refractivity contribution is 0.0932. The van der Waals surface area contributed by atoms with Gasteiger partial charge >= 0.3 is 0 Å². The number of hydrogen-bond acceptors (Lipinski definition) is 1. The van der Waals surface area contributed by atoms with Gasteiger partial charge in [0, 0.05) is 20.5 Å². The van der Waals surface area contributed by atoms with Crippen LogP contribution in [0.25, 0.3) is 0 Å². The minimum absolute atomic E-state index is 0.0743. The number of amides is 1. The van der Waals surface area contributed by atoms with Gasteiger partial charge in [-0.25, -0.2) is 0 Å². The Kier molecular flexibility index (Phi) is 6.23. The van der Waals surface area contributed by atoms with Crippen molar-refractivity contribution in [3.05, 3.63) is 33.3 Å². The molecule has 1 N–H and O–H groups in total. The number of nitrogens with one attached hydrogen (secondary N) is 1. The molecule has 2 nitrogen and oxygen atoms in total. The average molecular weight is 431 g/mol. The molecule has 0 spiro atoms.